The summed E-state index contributed by atoms with van der Waals surface area (Å²) in [5, 5.41) is 5.67. The molecule has 2 aliphatic rings. The van der Waals surface area contributed by atoms with E-state index in [1.807, 2.05) is 17.8 Å². The summed E-state index contributed by atoms with van der Waals surface area (Å²) < 4.78 is 1.64. The van der Waals surface area contributed by atoms with Crippen LogP contribution in [0.5, 0.6) is 0 Å². The number of thioether (sulfide) groups is 1. The maximum Gasteiger partial charge on any atom is 0.267 e. The molecule has 2 aliphatic heterocycles. The highest BCUT2D eigenvalue weighted by Gasteiger charge is 2.20. The molecule has 5 rings (SSSR count). The minimum atomic E-state index is 0.0194. The van der Waals surface area contributed by atoms with Gasteiger partial charge in [0.2, 0.25) is 0 Å². The van der Waals surface area contributed by atoms with Crippen molar-refractivity contribution in [3.63, 3.8) is 0 Å². The van der Waals surface area contributed by atoms with E-state index in [0.717, 1.165) is 78.6 Å². The van der Waals surface area contributed by atoms with Crippen molar-refractivity contribution in [2.45, 2.75) is 18.7 Å². The molecule has 1 saturated heterocycles. The molecule has 0 N–H and O–H groups in total. The smallest absolute Gasteiger partial charge is 0.267 e. The zero-order valence-electron chi connectivity index (χ0n) is 16.2. The number of piperazine rings is 1. The third-order valence-corrected chi connectivity index (χ3v) is 6.63. The molecule has 150 valence electrons. The van der Waals surface area contributed by atoms with Crippen molar-refractivity contribution in [3.05, 3.63) is 52.5 Å². The van der Waals surface area contributed by atoms with Crippen molar-refractivity contribution in [1.29, 1.82) is 0 Å². The van der Waals surface area contributed by atoms with Crippen molar-refractivity contribution < 1.29 is 0 Å². The maximum atomic E-state index is 12.4. The lowest BCUT2D eigenvalue weighted by atomic mass is 10.2. The van der Waals surface area contributed by atoms with Gasteiger partial charge in [0.25, 0.3) is 5.56 Å². The summed E-state index contributed by atoms with van der Waals surface area (Å²) in [7, 11) is 0. The molecule has 0 unspecified atom stereocenters. The molecule has 0 saturated carbocycles. The summed E-state index contributed by atoms with van der Waals surface area (Å²) in [6.45, 7) is 5.15. The average molecular weight is 410 g/mol. The Bertz CT molecular complexity index is 1070. The minimum Gasteiger partial charge on any atom is -0.353 e. The third kappa shape index (κ3) is 3.84. The predicted octanol–water partition coefficient (Wildman–Crippen LogP) is 1.19. The zero-order chi connectivity index (χ0) is 19.6. The summed E-state index contributed by atoms with van der Waals surface area (Å²) in [6, 6.07) is 3.76. The maximum absolute atomic E-state index is 12.4. The summed E-state index contributed by atoms with van der Waals surface area (Å²) in [5.74, 6) is 2.98. The molecule has 0 bridgehead atoms. The fourth-order valence-corrected chi connectivity index (χ4v) is 4.93. The Kier molecular flexibility index (Phi) is 5.15. The van der Waals surface area contributed by atoms with E-state index in [2.05, 4.69) is 29.9 Å². The van der Waals surface area contributed by atoms with Crippen molar-refractivity contribution in [1.82, 2.24) is 29.6 Å². The topological polar surface area (TPSA) is 80.0 Å². The lowest BCUT2D eigenvalue weighted by molar-refractivity contribution is 0.242. The Labute approximate surface area is 173 Å². The zero-order valence-corrected chi connectivity index (χ0v) is 17.0. The van der Waals surface area contributed by atoms with Crippen molar-refractivity contribution in [3.8, 4) is 0 Å². The van der Waals surface area contributed by atoms with Gasteiger partial charge in [-0.25, -0.2) is 14.6 Å². The van der Waals surface area contributed by atoms with Gasteiger partial charge in [-0.1, -0.05) is 0 Å². The number of aryl methyl sites for hydroxylation is 1. The summed E-state index contributed by atoms with van der Waals surface area (Å²) >= 11 is 1.87. The molecule has 3 aromatic rings. The molecule has 0 amide bonds. The van der Waals surface area contributed by atoms with Gasteiger partial charge in [-0.3, -0.25) is 14.7 Å². The summed E-state index contributed by atoms with van der Waals surface area (Å²) in [6.07, 6.45) is 6.13. The predicted molar refractivity (Wildman–Crippen MR) is 114 cm³/mol. The normalized spacial score (nSPS) is 17.4. The monoisotopic (exact) mass is 409 g/mol. The van der Waals surface area contributed by atoms with E-state index in [0.29, 0.717) is 6.54 Å². The molecule has 29 heavy (non-hydrogen) atoms. The van der Waals surface area contributed by atoms with Crippen molar-refractivity contribution in [2.75, 3.05) is 43.4 Å². The van der Waals surface area contributed by atoms with E-state index in [4.69, 9.17) is 0 Å². The Morgan fingerprint density at radius 3 is 2.90 bits per heavy atom. The standard InChI is InChI=1S/C20H23N7OS/c28-19-11-15-13-29-10-2-17(15)24-27(19)9-6-25-4-7-26(8-5-25)20-16-1-3-21-12-18(16)22-14-23-20/h1,3,11-12,14H,2,4-10,13H2. The number of aromatic nitrogens is 5. The highest BCUT2D eigenvalue weighted by Crippen LogP contribution is 2.23. The Hall–Kier alpha value is -2.52. The largest absolute Gasteiger partial charge is 0.353 e. The number of rotatable bonds is 4. The average Bonchev–Trinajstić information content (AvgIpc) is 2.78. The van der Waals surface area contributed by atoms with Crippen LogP contribution in [-0.2, 0) is 18.7 Å². The highest BCUT2D eigenvalue weighted by atomic mass is 32.2. The van der Waals surface area contributed by atoms with Crippen LogP contribution < -0.4 is 10.5 Å². The van der Waals surface area contributed by atoms with Crippen LogP contribution in [0.15, 0.2) is 35.6 Å². The molecule has 0 aromatic carbocycles. The molecule has 0 atom stereocenters. The van der Waals surface area contributed by atoms with Crippen molar-refractivity contribution >= 4 is 28.5 Å². The van der Waals surface area contributed by atoms with Gasteiger partial charge in [-0.2, -0.15) is 16.9 Å². The van der Waals surface area contributed by atoms with Crippen LogP contribution in [0.4, 0.5) is 5.82 Å². The van der Waals surface area contributed by atoms with Gasteiger partial charge in [-0.15, -0.1) is 0 Å². The fraction of sp³-hybridized carbons (Fsp3) is 0.450. The van der Waals surface area contributed by atoms with Crippen LogP contribution in [0.1, 0.15) is 11.3 Å². The van der Waals surface area contributed by atoms with Crippen LogP contribution in [0.3, 0.4) is 0 Å². The molecule has 8 nitrogen and oxygen atoms in total. The molecule has 0 aliphatic carbocycles. The molecule has 5 heterocycles. The second kappa shape index (κ2) is 8.08. The SMILES string of the molecule is O=c1cc2c(nn1CCN1CCN(c3ncnc4cnccc34)CC1)CCSC2. The van der Waals surface area contributed by atoms with Crippen molar-refractivity contribution in [2.24, 2.45) is 0 Å². The van der Waals surface area contributed by atoms with Gasteiger partial charge >= 0.3 is 0 Å². The Morgan fingerprint density at radius 1 is 1.10 bits per heavy atom. The highest BCUT2D eigenvalue weighted by molar-refractivity contribution is 7.98. The van der Waals surface area contributed by atoms with E-state index in [1.165, 1.54) is 0 Å². The molecule has 9 heteroatoms. The second-order valence-corrected chi connectivity index (χ2v) is 8.50. The number of anilines is 1. The number of pyridine rings is 1. The molecule has 0 radical (unpaired) electrons. The first-order valence-electron chi connectivity index (χ1n) is 9.97. The van der Waals surface area contributed by atoms with E-state index >= 15 is 0 Å². The van der Waals surface area contributed by atoms with Crippen LogP contribution in [0.25, 0.3) is 10.9 Å². The van der Waals surface area contributed by atoms with Gasteiger partial charge in [0.05, 0.1) is 24.0 Å². The first kappa shape index (κ1) is 18.5. The van der Waals surface area contributed by atoms with E-state index in [9.17, 15) is 4.79 Å². The van der Waals surface area contributed by atoms with Gasteiger partial charge in [0.15, 0.2) is 0 Å². The first-order valence-corrected chi connectivity index (χ1v) is 11.1. The fourth-order valence-electron chi connectivity index (χ4n) is 3.98. The summed E-state index contributed by atoms with van der Waals surface area (Å²) in [4.78, 5) is 30.0. The molecule has 1 fully saturated rings. The van der Waals surface area contributed by atoms with Gasteiger partial charge < -0.3 is 4.90 Å². The minimum absolute atomic E-state index is 0.0194. The molecule has 3 aromatic heterocycles. The van der Waals surface area contributed by atoms with Crippen LogP contribution in [-0.4, -0.2) is 68.1 Å². The Morgan fingerprint density at radius 2 is 2.00 bits per heavy atom. The van der Waals surface area contributed by atoms with Crippen LogP contribution in [0.2, 0.25) is 0 Å². The van der Waals surface area contributed by atoms with E-state index in [-0.39, 0.29) is 5.56 Å². The first-order chi connectivity index (χ1) is 14.3. The number of fused-ring (bicyclic) bond motifs is 2. The third-order valence-electron chi connectivity index (χ3n) is 5.62. The summed E-state index contributed by atoms with van der Waals surface area (Å²) in [5.41, 5.74) is 3.10. The van der Waals surface area contributed by atoms with E-state index < -0.39 is 0 Å². The second-order valence-electron chi connectivity index (χ2n) is 7.40. The lowest BCUT2D eigenvalue weighted by Gasteiger charge is -2.35. The number of nitrogens with zero attached hydrogens (tertiary/aromatic N) is 7. The van der Waals surface area contributed by atoms with Gasteiger partial charge in [0, 0.05) is 62.5 Å². The molecular weight excluding hydrogens is 386 g/mol. The van der Waals surface area contributed by atoms with E-state index in [1.54, 1.807) is 29.5 Å². The number of hydrogen-bond donors (Lipinski definition) is 0. The van der Waals surface area contributed by atoms with Crippen LogP contribution in [0, 0.1) is 0 Å². The van der Waals surface area contributed by atoms with Crippen LogP contribution >= 0.6 is 11.8 Å². The lowest BCUT2D eigenvalue weighted by Crippen LogP contribution is -2.48. The Balaban J connectivity index is 1.22. The molecular formula is C20H23N7OS. The van der Waals surface area contributed by atoms with Gasteiger partial charge in [0.1, 0.15) is 12.1 Å². The quantitative estimate of drug-likeness (QED) is 0.636. The number of hydrogen-bond acceptors (Lipinski definition) is 8. The molecule has 0 spiro atoms. The van der Waals surface area contributed by atoms with Gasteiger partial charge in [-0.05, 0) is 17.4 Å².